The van der Waals surface area contributed by atoms with Crippen molar-refractivity contribution < 1.29 is 4.79 Å². The average Bonchev–Trinajstić information content (AvgIpc) is 2.36. The van der Waals surface area contributed by atoms with E-state index in [9.17, 15) is 4.79 Å². The van der Waals surface area contributed by atoms with Gasteiger partial charge in [0.05, 0.1) is 5.41 Å². The molecule has 3 N–H and O–H groups in total. The van der Waals surface area contributed by atoms with Crippen LogP contribution in [0.2, 0.25) is 0 Å². The smallest absolute Gasteiger partial charge is 0.227 e. The van der Waals surface area contributed by atoms with Gasteiger partial charge >= 0.3 is 0 Å². The number of nitrogens with one attached hydrogen (secondary N) is 1. The van der Waals surface area contributed by atoms with Gasteiger partial charge in [-0.15, -0.1) is 0 Å². The lowest BCUT2D eigenvalue weighted by molar-refractivity contribution is -0.135. The van der Waals surface area contributed by atoms with Crippen molar-refractivity contribution in [3.63, 3.8) is 0 Å². The van der Waals surface area contributed by atoms with Crippen molar-refractivity contribution in [2.75, 3.05) is 13.1 Å². The number of halogens is 1. The highest BCUT2D eigenvalue weighted by Crippen LogP contribution is 2.40. The zero-order chi connectivity index (χ0) is 14.8. The maximum Gasteiger partial charge on any atom is 0.227 e. The number of amides is 1. The fourth-order valence-corrected chi connectivity index (χ4v) is 3.03. The fraction of sp³-hybridized carbons (Fsp3) is 0.562. The Balaban J connectivity index is 2.00. The predicted octanol–water partition coefficient (Wildman–Crippen LogP) is 2.97. The van der Waals surface area contributed by atoms with Crippen LogP contribution < -0.4 is 11.1 Å². The van der Waals surface area contributed by atoms with Crippen molar-refractivity contribution in [3.05, 3.63) is 34.3 Å². The lowest BCUT2D eigenvalue weighted by Gasteiger charge is -2.40. The molecule has 1 aliphatic carbocycles. The van der Waals surface area contributed by atoms with E-state index < -0.39 is 0 Å². The molecule has 20 heavy (non-hydrogen) atoms. The van der Waals surface area contributed by atoms with Gasteiger partial charge in [-0.05, 0) is 30.5 Å². The molecule has 0 radical (unpaired) electrons. The number of nitrogens with two attached hydrogens (primary N) is 1. The van der Waals surface area contributed by atoms with Crippen LogP contribution in [0.5, 0.6) is 0 Å². The van der Waals surface area contributed by atoms with Crippen LogP contribution in [-0.4, -0.2) is 19.0 Å². The maximum absolute atomic E-state index is 12.3. The first-order valence-corrected chi connectivity index (χ1v) is 7.93. The van der Waals surface area contributed by atoms with Crippen LogP contribution in [0, 0.1) is 5.41 Å². The van der Waals surface area contributed by atoms with Gasteiger partial charge < -0.3 is 11.1 Å². The van der Waals surface area contributed by atoms with Crippen molar-refractivity contribution >= 4 is 21.8 Å². The predicted molar refractivity (Wildman–Crippen MR) is 85.5 cm³/mol. The molecule has 110 valence electrons. The van der Waals surface area contributed by atoms with Gasteiger partial charge in [-0.1, -0.05) is 48.3 Å². The van der Waals surface area contributed by atoms with E-state index in [1.165, 1.54) is 5.56 Å². The molecule has 1 saturated carbocycles. The number of carbonyl (C=O) groups is 1. The number of hydrogen-bond donors (Lipinski definition) is 2. The molecular weight excluding hydrogens is 316 g/mol. The summed E-state index contributed by atoms with van der Waals surface area (Å²) in [5.41, 5.74) is 6.59. The van der Waals surface area contributed by atoms with Crippen LogP contribution >= 0.6 is 15.9 Å². The first-order chi connectivity index (χ1) is 9.39. The largest absolute Gasteiger partial charge is 0.355 e. The van der Waals surface area contributed by atoms with Gasteiger partial charge in [0.2, 0.25) is 5.91 Å². The van der Waals surface area contributed by atoms with Crippen LogP contribution in [-0.2, 0) is 10.2 Å². The third-order valence-electron chi connectivity index (χ3n) is 4.48. The van der Waals surface area contributed by atoms with Gasteiger partial charge in [0, 0.05) is 23.0 Å². The molecule has 3 nitrogen and oxygen atoms in total. The van der Waals surface area contributed by atoms with E-state index in [1.807, 2.05) is 12.1 Å². The van der Waals surface area contributed by atoms with Crippen molar-refractivity contribution in [1.29, 1.82) is 0 Å². The van der Waals surface area contributed by atoms with Crippen LogP contribution in [0.3, 0.4) is 0 Å². The Labute approximate surface area is 129 Å². The zero-order valence-electron chi connectivity index (χ0n) is 12.2. The molecular formula is C16H23BrN2O. The van der Waals surface area contributed by atoms with Crippen molar-refractivity contribution in [2.45, 2.75) is 38.5 Å². The molecule has 0 unspecified atom stereocenters. The van der Waals surface area contributed by atoms with Gasteiger partial charge in [-0.2, -0.15) is 0 Å². The van der Waals surface area contributed by atoms with Crippen LogP contribution in [0.4, 0.5) is 0 Å². The van der Waals surface area contributed by atoms with Gasteiger partial charge in [0.1, 0.15) is 0 Å². The van der Waals surface area contributed by atoms with Crippen LogP contribution in [0.1, 0.15) is 38.7 Å². The minimum Gasteiger partial charge on any atom is -0.355 e. The Morgan fingerprint density at radius 2 is 2.15 bits per heavy atom. The van der Waals surface area contributed by atoms with Gasteiger partial charge in [0.15, 0.2) is 0 Å². The third kappa shape index (κ3) is 3.07. The van der Waals surface area contributed by atoms with Crippen molar-refractivity contribution in [3.8, 4) is 0 Å². The molecule has 0 spiro atoms. The molecule has 0 saturated heterocycles. The van der Waals surface area contributed by atoms with E-state index in [0.29, 0.717) is 13.1 Å². The van der Waals surface area contributed by atoms with Gasteiger partial charge in [0.25, 0.3) is 0 Å². The first kappa shape index (κ1) is 15.5. The molecule has 1 aliphatic rings. The lowest BCUT2D eigenvalue weighted by Crippen LogP contribution is -2.52. The Kier molecular flexibility index (Phi) is 4.55. The Hall–Kier alpha value is -0.870. The summed E-state index contributed by atoms with van der Waals surface area (Å²) in [5, 5.41) is 3.10. The Morgan fingerprint density at radius 1 is 1.45 bits per heavy atom. The van der Waals surface area contributed by atoms with E-state index >= 15 is 0 Å². The standard InChI is InChI=1S/C16H23BrN2O/c1-15(2,12-5-3-6-13(17)9-12)11-19-14(20)16(10-18)7-4-8-16/h3,5-6,9H,4,7-8,10-11,18H2,1-2H3,(H,19,20). The minimum atomic E-state index is -0.298. The summed E-state index contributed by atoms with van der Waals surface area (Å²) in [6.45, 7) is 5.37. The van der Waals surface area contributed by atoms with Crippen LogP contribution in [0.15, 0.2) is 28.7 Å². The maximum atomic E-state index is 12.3. The topological polar surface area (TPSA) is 55.1 Å². The number of hydrogen-bond acceptors (Lipinski definition) is 2. The van der Waals surface area contributed by atoms with E-state index in [2.05, 4.69) is 47.2 Å². The molecule has 1 amide bonds. The number of benzene rings is 1. The molecule has 0 aromatic heterocycles. The second-order valence-electron chi connectivity index (χ2n) is 6.41. The first-order valence-electron chi connectivity index (χ1n) is 7.14. The average molecular weight is 339 g/mol. The second-order valence-corrected chi connectivity index (χ2v) is 7.33. The summed E-state index contributed by atoms with van der Waals surface area (Å²) in [6.07, 6.45) is 2.96. The summed E-state index contributed by atoms with van der Waals surface area (Å²) in [4.78, 5) is 12.3. The molecule has 0 heterocycles. The molecule has 1 aromatic rings. The quantitative estimate of drug-likeness (QED) is 0.867. The highest BCUT2D eigenvalue weighted by molar-refractivity contribution is 9.10. The summed E-state index contributed by atoms with van der Waals surface area (Å²) >= 11 is 3.49. The highest BCUT2D eigenvalue weighted by atomic mass is 79.9. The van der Waals surface area contributed by atoms with Crippen molar-refractivity contribution in [1.82, 2.24) is 5.32 Å². The molecule has 1 aromatic carbocycles. The monoisotopic (exact) mass is 338 g/mol. The summed E-state index contributed by atoms with van der Waals surface area (Å²) in [6, 6.07) is 8.24. The summed E-state index contributed by atoms with van der Waals surface area (Å²) in [7, 11) is 0. The van der Waals surface area contributed by atoms with Gasteiger partial charge in [-0.3, -0.25) is 4.79 Å². The van der Waals surface area contributed by atoms with E-state index in [0.717, 1.165) is 23.7 Å². The zero-order valence-corrected chi connectivity index (χ0v) is 13.8. The fourth-order valence-electron chi connectivity index (χ4n) is 2.63. The number of rotatable bonds is 5. The van der Waals surface area contributed by atoms with E-state index in [1.54, 1.807) is 0 Å². The minimum absolute atomic E-state index is 0.0982. The highest BCUT2D eigenvalue weighted by Gasteiger charge is 2.43. The molecule has 2 rings (SSSR count). The molecule has 4 heteroatoms. The number of carbonyl (C=O) groups excluding carboxylic acids is 1. The molecule has 0 atom stereocenters. The second kappa shape index (κ2) is 5.86. The molecule has 0 aliphatic heterocycles. The van der Waals surface area contributed by atoms with E-state index in [4.69, 9.17) is 5.73 Å². The SMILES string of the molecule is CC(C)(CNC(=O)C1(CN)CCC1)c1cccc(Br)c1. The lowest BCUT2D eigenvalue weighted by atomic mass is 9.68. The summed E-state index contributed by atoms with van der Waals surface area (Å²) in [5.74, 6) is 0.120. The Morgan fingerprint density at radius 3 is 2.65 bits per heavy atom. The normalized spacial score (nSPS) is 17.4. The Bertz CT molecular complexity index is 489. The third-order valence-corrected chi connectivity index (χ3v) is 4.97. The molecule has 0 bridgehead atoms. The van der Waals surface area contributed by atoms with Crippen LogP contribution in [0.25, 0.3) is 0 Å². The molecule has 1 fully saturated rings. The van der Waals surface area contributed by atoms with Crippen molar-refractivity contribution in [2.24, 2.45) is 11.1 Å². The summed E-state index contributed by atoms with van der Waals surface area (Å²) < 4.78 is 1.06. The van der Waals surface area contributed by atoms with E-state index in [-0.39, 0.29) is 16.7 Å². The van der Waals surface area contributed by atoms with Gasteiger partial charge in [-0.25, -0.2) is 0 Å².